The van der Waals surface area contributed by atoms with Crippen LogP contribution in [0.25, 0.3) is 16.5 Å². The zero-order chi connectivity index (χ0) is 19.1. The maximum Gasteiger partial charge on any atom is 0.410 e. The second-order valence-electron chi connectivity index (χ2n) is 7.33. The van der Waals surface area contributed by atoms with Gasteiger partial charge in [-0.2, -0.15) is 0 Å². The fourth-order valence-corrected chi connectivity index (χ4v) is 3.49. The van der Waals surface area contributed by atoms with Gasteiger partial charge in [0.15, 0.2) is 0 Å². The molecule has 7 heteroatoms. The smallest absolute Gasteiger partial charge is 0.410 e. The molecule has 0 saturated heterocycles. The average Bonchev–Trinajstić information content (AvgIpc) is 2.98. The molecule has 2 aromatic rings. The summed E-state index contributed by atoms with van der Waals surface area (Å²) in [6, 6.07) is 5.13. The van der Waals surface area contributed by atoms with Crippen molar-refractivity contribution in [3.8, 4) is 0 Å². The summed E-state index contributed by atoms with van der Waals surface area (Å²) in [5.74, 6) is -0.969. The number of carbonyl (C=O) groups is 2. The van der Waals surface area contributed by atoms with Crippen molar-refractivity contribution in [3.63, 3.8) is 0 Å². The van der Waals surface area contributed by atoms with E-state index >= 15 is 0 Å². The number of fused-ring (bicyclic) bond motifs is 1. The zero-order valence-corrected chi connectivity index (χ0v) is 16.5. The third-order valence-electron chi connectivity index (χ3n) is 4.08. The molecule has 1 aliphatic heterocycles. The van der Waals surface area contributed by atoms with Crippen molar-refractivity contribution in [2.24, 2.45) is 0 Å². The van der Waals surface area contributed by atoms with Crippen LogP contribution in [0.15, 0.2) is 28.7 Å². The highest BCUT2D eigenvalue weighted by atomic mass is 79.9. The number of carboxylic acid groups (broad SMARTS) is 1. The molecule has 26 heavy (non-hydrogen) atoms. The quantitative estimate of drug-likeness (QED) is 0.740. The summed E-state index contributed by atoms with van der Waals surface area (Å²) in [6.45, 7) is 6.61. The van der Waals surface area contributed by atoms with Gasteiger partial charge in [0.05, 0.1) is 17.6 Å². The number of hydrogen-bond donors (Lipinski definition) is 2. The van der Waals surface area contributed by atoms with Gasteiger partial charge >= 0.3 is 12.1 Å². The Bertz CT molecular complexity index is 908. The number of aromatic amines is 1. The van der Waals surface area contributed by atoms with Gasteiger partial charge in [-0.15, -0.1) is 0 Å². The fourth-order valence-electron chi connectivity index (χ4n) is 2.92. The first-order valence-electron chi connectivity index (χ1n) is 8.37. The van der Waals surface area contributed by atoms with Crippen molar-refractivity contribution in [2.75, 3.05) is 13.1 Å². The van der Waals surface area contributed by atoms with E-state index in [2.05, 4.69) is 27.0 Å². The molecule has 1 aromatic heterocycles. The molecule has 1 aromatic carbocycles. The lowest BCUT2D eigenvalue weighted by Gasteiger charge is -2.30. The van der Waals surface area contributed by atoms with E-state index in [4.69, 9.17) is 4.74 Å². The molecule has 0 fully saturated rings. The summed E-state index contributed by atoms with van der Waals surface area (Å²) in [5.41, 5.74) is 2.39. The molecule has 0 unspecified atom stereocenters. The summed E-state index contributed by atoms with van der Waals surface area (Å²) < 4.78 is 6.15. The van der Waals surface area contributed by atoms with Crippen molar-refractivity contribution in [3.05, 3.63) is 40.0 Å². The number of halogens is 1. The Labute approximate surface area is 159 Å². The van der Waals surface area contributed by atoms with E-state index in [1.807, 2.05) is 26.8 Å². The second-order valence-corrected chi connectivity index (χ2v) is 8.18. The molecule has 0 aliphatic carbocycles. The number of hydrogen-bond acceptors (Lipinski definition) is 3. The minimum atomic E-state index is -0.969. The molecule has 0 spiro atoms. The molecular weight excluding hydrogens is 400 g/mol. The fraction of sp³-hybridized carbons (Fsp3) is 0.368. The molecule has 138 valence electrons. The maximum atomic E-state index is 12.3. The number of rotatable bonds is 2. The lowest BCUT2D eigenvalue weighted by atomic mass is 10.1. The number of amides is 1. The summed E-state index contributed by atoms with van der Waals surface area (Å²) in [5, 5.41) is 10.0. The van der Waals surface area contributed by atoms with E-state index in [9.17, 15) is 14.7 Å². The van der Waals surface area contributed by atoms with Crippen LogP contribution in [0, 0.1) is 0 Å². The normalized spacial score (nSPS) is 15.1. The Balaban J connectivity index is 1.87. The molecule has 2 N–H and O–H groups in total. The number of H-pyrrole nitrogens is 1. The highest BCUT2D eigenvalue weighted by Gasteiger charge is 2.25. The van der Waals surface area contributed by atoms with Crippen LogP contribution < -0.4 is 0 Å². The second kappa shape index (κ2) is 6.79. The molecule has 6 nitrogen and oxygen atoms in total. The lowest BCUT2D eigenvalue weighted by Crippen LogP contribution is -2.39. The van der Waals surface area contributed by atoms with Gasteiger partial charge in [0.2, 0.25) is 0 Å². The van der Waals surface area contributed by atoms with Crippen LogP contribution >= 0.6 is 15.9 Å². The first-order chi connectivity index (χ1) is 12.1. The van der Waals surface area contributed by atoms with E-state index in [0.29, 0.717) is 17.6 Å². The van der Waals surface area contributed by atoms with Crippen LogP contribution in [0.2, 0.25) is 0 Å². The molecule has 0 radical (unpaired) electrons. The number of carboxylic acids is 1. The van der Waals surface area contributed by atoms with E-state index in [-0.39, 0.29) is 11.7 Å². The van der Waals surface area contributed by atoms with Gasteiger partial charge in [0.1, 0.15) is 5.60 Å². The largest absolute Gasteiger partial charge is 0.478 e. The van der Waals surface area contributed by atoms with Gasteiger partial charge in [0.25, 0.3) is 0 Å². The minimum absolute atomic E-state index is 0.225. The van der Waals surface area contributed by atoms with Gasteiger partial charge in [-0.25, -0.2) is 9.59 Å². The van der Waals surface area contributed by atoms with Crippen LogP contribution in [-0.4, -0.2) is 45.7 Å². The van der Waals surface area contributed by atoms with Crippen LogP contribution in [0.3, 0.4) is 0 Å². The van der Waals surface area contributed by atoms with Crippen molar-refractivity contribution in [1.82, 2.24) is 9.88 Å². The topological polar surface area (TPSA) is 82.6 Å². The predicted molar refractivity (Wildman–Crippen MR) is 103 cm³/mol. The average molecular weight is 421 g/mol. The highest BCUT2D eigenvalue weighted by molar-refractivity contribution is 9.10. The Kier molecular flexibility index (Phi) is 4.84. The SMILES string of the molecule is CC(C)(C)OC(=O)N1CCC=C(c2cc3cc(C(=O)O)cc(Br)c3[nH]2)C1. The Hall–Kier alpha value is -2.28. The van der Waals surface area contributed by atoms with E-state index in [1.54, 1.807) is 17.0 Å². The molecule has 1 amide bonds. The van der Waals surface area contributed by atoms with Gasteiger partial charge in [0, 0.05) is 22.1 Å². The molecule has 2 heterocycles. The minimum Gasteiger partial charge on any atom is -0.478 e. The Morgan fingerprint density at radius 1 is 1.27 bits per heavy atom. The number of benzene rings is 1. The van der Waals surface area contributed by atoms with E-state index < -0.39 is 11.6 Å². The van der Waals surface area contributed by atoms with E-state index in [0.717, 1.165) is 28.6 Å². The standard InChI is InChI=1S/C19H21BrN2O4/c1-19(2,3)26-18(25)22-6-4-5-11(10-22)15-9-12-7-13(17(23)24)8-14(20)16(12)21-15/h5,7-9,21H,4,6,10H2,1-3H3,(H,23,24). The van der Waals surface area contributed by atoms with Crippen molar-refractivity contribution in [2.45, 2.75) is 32.8 Å². The van der Waals surface area contributed by atoms with Crippen molar-refractivity contribution in [1.29, 1.82) is 0 Å². The number of aromatic carboxylic acids is 1. The molecule has 0 bridgehead atoms. The summed E-state index contributed by atoms with van der Waals surface area (Å²) >= 11 is 3.42. The zero-order valence-electron chi connectivity index (χ0n) is 14.9. The third kappa shape index (κ3) is 3.93. The first kappa shape index (κ1) is 18.5. The predicted octanol–water partition coefficient (Wildman–Crippen LogP) is 4.65. The monoisotopic (exact) mass is 420 g/mol. The highest BCUT2D eigenvalue weighted by Crippen LogP contribution is 2.30. The summed E-state index contributed by atoms with van der Waals surface area (Å²) in [6.07, 6.45) is 2.51. The number of carbonyl (C=O) groups excluding carboxylic acids is 1. The van der Waals surface area contributed by atoms with Gasteiger partial charge < -0.3 is 19.7 Å². The Morgan fingerprint density at radius 2 is 2.00 bits per heavy atom. The first-order valence-corrected chi connectivity index (χ1v) is 9.16. The molecule has 1 aliphatic rings. The Morgan fingerprint density at radius 3 is 2.65 bits per heavy atom. The van der Waals surface area contributed by atoms with Crippen LogP contribution in [0.5, 0.6) is 0 Å². The number of aromatic nitrogens is 1. The maximum absolute atomic E-state index is 12.3. The number of ether oxygens (including phenoxy) is 1. The number of nitrogens with one attached hydrogen (secondary N) is 1. The molecule has 3 rings (SSSR count). The van der Waals surface area contributed by atoms with Crippen molar-refractivity contribution >= 4 is 44.5 Å². The lowest BCUT2D eigenvalue weighted by molar-refractivity contribution is 0.0272. The van der Waals surface area contributed by atoms with Crippen LogP contribution in [0.1, 0.15) is 43.2 Å². The van der Waals surface area contributed by atoms with Crippen LogP contribution in [-0.2, 0) is 4.74 Å². The molecule has 0 saturated carbocycles. The van der Waals surface area contributed by atoms with Gasteiger partial charge in [-0.05, 0) is 66.9 Å². The number of nitrogens with zero attached hydrogens (tertiary/aromatic N) is 1. The summed E-state index contributed by atoms with van der Waals surface area (Å²) in [4.78, 5) is 28.6. The van der Waals surface area contributed by atoms with Gasteiger partial charge in [-0.1, -0.05) is 6.08 Å². The van der Waals surface area contributed by atoms with E-state index in [1.165, 1.54) is 0 Å². The third-order valence-corrected chi connectivity index (χ3v) is 4.70. The van der Waals surface area contributed by atoms with Gasteiger partial charge in [-0.3, -0.25) is 0 Å². The molecule has 0 atom stereocenters. The van der Waals surface area contributed by atoms with Crippen molar-refractivity contribution < 1.29 is 19.4 Å². The summed E-state index contributed by atoms with van der Waals surface area (Å²) in [7, 11) is 0. The molecular formula is C19H21BrN2O4. The van der Waals surface area contributed by atoms with Crippen LogP contribution in [0.4, 0.5) is 4.79 Å².